The minimum absolute atomic E-state index is 0.366. The molecule has 0 unspecified atom stereocenters. The molecule has 2 aliphatic rings. The Morgan fingerprint density at radius 2 is 2.24 bits per heavy atom. The smallest absolute Gasteiger partial charge is 0.0661 e. The average molecular weight is 236 g/mol. The maximum absolute atomic E-state index is 8.79. The van der Waals surface area contributed by atoms with Crippen molar-refractivity contribution in [3.8, 4) is 6.07 Å². The Kier molecular flexibility index (Phi) is 4.06. The molecule has 2 fully saturated rings. The summed E-state index contributed by atoms with van der Waals surface area (Å²) in [6, 6.07) is 3.23. The van der Waals surface area contributed by atoms with Gasteiger partial charge in [-0.2, -0.15) is 5.26 Å². The summed E-state index contributed by atoms with van der Waals surface area (Å²) in [6.45, 7) is 5.06. The van der Waals surface area contributed by atoms with Gasteiger partial charge >= 0.3 is 0 Å². The van der Waals surface area contributed by atoms with Crippen molar-refractivity contribution in [1.82, 2.24) is 5.32 Å². The lowest BCUT2D eigenvalue weighted by atomic mass is 9.51. The normalized spacial score (nSPS) is 31.4. The Bertz CT molecular complexity index is 293. The summed E-state index contributed by atoms with van der Waals surface area (Å²) in [6.07, 6.45) is 7.23. The van der Waals surface area contributed by atoms with E-state index in [-0.39, 0.29) is 0 Å². The first-order valence-electron chi connectivity index (χ1n) is 7.01. The van der Waals surface area contributed by atoms with E-state index >= 15 is 0 Å². The van der Waals surface area contributed by atoms with Crippen molar-refractivity contribution in [2.75, 3.05) is 6.61 Å². The summed E-state index contributed by atoms with van der Waals surface area (Å²) in [4.78, 5) is 0. The van der Waals surface area contributed by atoms with Crippen LogP contribution in [-0.2, 0) is 4.74 Å². The molecular weight excluding hydrogens is 212 g/mol. The van der Waals surface area contributed by atoms with Crippen molar-refractivity contribution in [2.45, 2.75) is 70.6 Å². The minimum atomic E-state index is 0.366. The maximum atomic E-state index is 8.79. The van der Waals surface area contributed by atoms with Crippen LogP contribution in [0, 0.1) is 16.7 Å². The second-order valence-corrected chi connectivity index (χ2v) is 5.45. The quantitative estimate of drug-likeness (QED) is 0.771. The van der Waals surface area contributed by atoms with Crippen LogP contribution in [0.3, 0.4) is 0 Å². The highest BCUT2D eigenvalue weighted by atomic mass is 16.5. The molecule has 0 aliphatic heterocycles. The molecule has 0 aromatic rings. The van der Waals surface area contributed by atoms with Gasteiger partial charge in [-0.25, -0.2) is 0 Å². The lowest BCUT2D eigenvalue weighted by Gasteiger charge is -2.61. The predicted octanol–water partition coefficient (Wildman–Crippen LogP) is 2.62. The third-order valence-corrected chi connectivity index (χ3v) is 4.70. The van der Waals surface area contributed by atoms with Crippen LogP contribution in [0.2, 0.25) is 0 Å². The maximum Gasteiger partial charge on any atom is 0.0661 e. The molecule has 0 bridgehead atoms. The van der Waals surface area contributed by atoms with Crippen molar-refractivity contribution in [2.24, 2.45) is 5.41 Å². The monoisotopic (exact) mass is 236 g/mol. The van der Waals surface area contributed by atoms with E-state index in [4.69, 9.17) is 10.00 Å². The van der Waals surface area contributed by atoms with E-state index in [0.29, 0.717) is 30.0 Å². The Morgan fingerprint density at radius 3 is 2.71 bits per heavy atom. The number of ether oxygens (including phenoxy) is 1. The Balaban J connectivity index is 1.88. The zero-order valence-electron chi connectivity index (χ0n) is 11.0. The van der Waals surface area contributed by atoms with E-state index < -0.39 is 0 Å². The molecular formula is C14H24N2O. The van der Waals surface area contributed by atoms with E-state index in [0.717, 1.165) is 19.4 Å². The molecule has 0 radical (unpaired) electrons. The zero-order chi connectivity index (χ0) is 12.3. The largest absolute Gasteiger partial charge is 0.378 e. The summed E-state index contributed by atoms with van der Waals surface area (Å²) in [5, 5.41) is 12.5. The summed E-state index contributed by atoms with van der Waals surface area (Å²) in [7, 11) is 0. The van der Waals surface area contributed by atoms with Gasteiger partial charge in [-0.1, -0.05) is 13.3 Å². The molecule has 3 atom stereocenters. The molecule has 2 rings (SSSR count). The highest BCUT2D eigenvalue weighted by Crippen LogP contribution is 2.57. The zero-order valence-corrected chi connectivity index (χ0v) is 11.0. The molecule has 3 heteroatoms. The SMILES string of the molecule is CCO[C@@H]1C[C@@H](N[C@@H](CC)CC#N)C12CCC2. The first-order chi connectivity index (χ1) is 8.26. The van der Waals surface area contributed by atoms with Crippen molar-refractivity contribution in [1.29, 1.82) is 5.26 Å². The second-order valence-electron chi connectivity index (χ2n) is 5.45. The number of nitrogens with one attached hydrogen (secondary N) is 1. The number of hydrogen-bond acceptors (Lipinski definition) is 3. The van der Waals surface area contributed by atoms with Gasteiger partial charge in [-0.05, 0) is 32.6 Å². The summed E-state index contributed by atoms with van der Waals surface area (Å²) < 4.78 is 5.84. The third-order valence-electron chi connectivity index (χ3n) is 4.70. The van der Waals surface area contributed by atoms with Gasteiger partial charge in [0.15, 0.2) is 0 Å². The fourth-order valence-electron chi connectivity index (χ4n) is 3.39. The van der Waals surface area contributed by atoms with Crippen LogP contribution in [0.5, 0.6) is 0 Å². The fourth-order valence-corrected chi connectivity index (χ4v) is 3.39. The van der Waals surface area contributed by atoms with E-state index in [1.165, 1.54) is 19.3 Å². The average Bonchev–Trinajstić information content (AvgIpc) is 2.24. The number of nitrogens with zero attached hydrogens (tertiary/aromatic N) is 1. The Labute approximate surface area is 105 Å². The van der Waals surface area contributed by atoms with Gasteiger partial charge in [0.25, 0.3) is 0 Å². The standard InChI is InChI=1S/C14H24N2O/c1-3-11(6-9-15)16-12-10-13(17-4-2)14(12)7-5-8-14/h11-13,16H,3-8,10H2,1-2H3/t11-,12+,13+/m0/s1. The molecule has 0 aromatic heterocycles. The van der Waals surface area contributed by atoms with Crippen LogP contribution in [0.25, 0.3) is 0 Å². The van der Waals surface area contributed by atoms with Crippen LogP contribution in [0.1, 0.15) is 52.4 Å². The van der Waals surface area contributed by atoms with Crippen molar-refractivity contribution < 1.29 is 4.74 Å². The van der Waals surface area contributed by atoms with Crippen LogP contribution in [0.15, 0.2) is 0 Å². The molecule has 0 aromatic carbocycles. The van der Waals surface area contributed by atoms with Crippen LogP contribution in [0.4, 0.5) is 0 Å². The number of nitriles is 1. The van der Waals surface area contributed by atoms with Crippen LogP contribution >= 0.6 is 0 Å². The van der Waals surface area contributed by atoms with Gasteiger partial charge in [0, 0.05) is 24.1 Å². The molecule has 2 aliphatic carbocycles. The summed E-state index contributed by atoms with van der Waals surface area (Å²) in [5.74, 6) is 0. The van der Waals surface area contributed by atoms with Gasteiger partial charge in [-0.3, -0.25) is 0 Å². The molecule has 2 saturated carbocycles. The van der Waals surface area contributed by atoms with Gasteiger partial charge in [0.1, 0.15) is 0 Å². The van der Waals surface area contributed by atoms with Crippen LogP contribution < -0.4 is 5.32 Å². The van der Waals surface area contributed by atoms with E-state index in [2.05, 4.69) is 25.2 Å². The highest BCUT2D eigenvalue weighted by molar-refractivity contribution is 5.12. The van der Waals surface area contributed by atoms with Crippen molar-refractivity contribution in [3.63, 3.8) is 0 Å². The predicted molar refractivity (Wildman–Crippen MR) is 67.5 cm³/mol. The van der Waals surface area contributed by atoms with Crippen molar-refractivity contribution >= 4 is 0 Å². The fraction of sp³-hybridized carbons (Fsp3) is 0.929. The lowest BCUT2D eigenvalue weighted by Crippen LogP contribution is -2.68. The van der Waals surface area contributed by atoms with E-state index in [1.807, 2.05) is 0 Å². The van der Waals surface area contributed by atoms with Gasteiger partial charge < -0.3 is 10.1 Å². The molecule has 3 nitrogen and oxygen atoms in total. The molecule has 96 valence electrons. The topological polar surface area (TPSA) is 45.0 Å². The van der Waals surface area contributed by atoms with Crippen LogP contribution in [-0.4, -0.2) is 24.8 Å². The Morgan fingerprint density at radius 1 is 1.47 bits per heavy atom. The second kappa shape index (κ2) is 5.37. The van der Waals surface area contributed by atoms with Gasteiger partial charge in [0.05, 0.1) is 18.6 Å². The number of hydrogen-bond donors (Lipinski definition) is 1. The third kappa shape index (κ3) is 2.21. The summed E-state index contributed by atoms with van der Waals surface area (Å²) >= 11 is 0. The molecule has 0 amide bonds. The summed E-state index contributed by atoms with van der Waals surface area (Å²) in [5.41, 5.74) is 0.416. The first kappa shape index (κ1) is 12.9. The first-order valence-corrected chi connectivity index (χ1v) is 7.01. The molecule has 0 heterocycles. The highest BCUT2D eigenvalue weighted by Gasteiger charge is 2.58. The van der Waals surface area contributed by atoms with Gasteiger partial charge in [-0.15, -0.1) is 0 Å². The van der Waals surface area contributed by atoms with E-state index in [9.17, 15) is 0 Å². The Hall–Kier alpha value is -0.590. The minimum Gasteiger partial charge on any atom is -0.378 e. The molecule has 0 saturated heterocycles. The van der Waals surface area contributed by atoms with Gasteiger partial charge in [0.2, 0.25) is 0 Å². The van der Waals surface area contributed by atoms with Crippen molar-refractivity contribution in [3.05, 3.63) is 0 Å². The van der Waals surface area contributed by atoms with E-state index in [1.54, 1.807) is 0 Å². The molecule has 1 N–H and O–H groups in total. The molecule has 17 heavy (non-hydrogen) atoms. The lowest BCUT2D eigenvalue weighted by molar-refractivity contribution is -0.174. The number of rotatable bonds is 6. The molecule has 1 spiro atoms.